The van der Waals surface area contributed by atoms with Gasteiger partial charge in [-0.05, 0) is 24.6 Å². The maximum absolute atomic E-state index is 12.0. The zero-order valence-corrected chi connectivity index (χ0v) is 12.7. The van der Waals surface area contributed by atoms with Crippen LogP contribution in [0.4, 0.5) is 0 Å². The van der Waals surface area contributed by atoms with Crippen LogP contribution >= 0.6 is 0 Å². The molecule has 0 saturated heterocycles. The van der Waals surface area contributed by atoms with Gasteiger partial charge in [-0.2, -0.15) is 0 Å². The molecule has 1 aromatic rings. The van der Waals surface area contributed by atoms with Crippen molar-refractivity contribution in [3.05, 3.63) is 23.8 Å². The van der Waals surface area contributed by atoms with E-state index >= 15 is 0 Å². The number of aromatic hydroxyl groups is 1. The van der Waals surface area contributed by atoms with Crippen molar-refractivity contribution in [1.29, 1.82) is 0 Å². The second-order valence-corrected chi connectivity index (χ2v) is 5.18. The Morgan fingerprint density at radius 2 is 1.75 bits per heavy atom. The van der Waals surface area contributed by atoms with Crippen LogP contribution < -0.4 is 4.74 Å². The van der Waals surface area contributed by atoms with Crippen LogP contribution in [0.15, 0.2) is 18.2 Å². The number of ether oxygens (including phenoxy) is 1. The van der Waals surface area contributed by atoms with E-state index in [0.717, 1.165) is 12.8 Å². The van der Waals surface area contributed by atoms with E-state index in [-0.39, 0.29) is 11.5 Å². The van der Waals surface area contributed by atoms with Gasteiger partial charge in [-0.25, -0.2) is 0 Å². The lowest BCUT2D eigenvalue weighted by Crippen LogP contribution is -1.99. The molecule has 0 fully saturated rings. The van der Waals surface area contributed by atoms with Gasteiger partial charge < -0.3 is 9.84 Å². The summed E-state index contributed by atoms with van der Waals surface area (Å²) in [6.07, 6.45) is 8.99. The zero-order chi connectivity index (χ0) is 14.8. The van der Waals surface area contributed by atoms with Crippen molar-refractivity contribution in [3.8, 4) is 11.5 Å². The van der Waals surface area contributed by atoms with E-state index in [1.807, 2.05) is 0 Å². The van der Waals surface area contributed by atoms with Gasteiger partial charge in [0.1, 0.15) is 0 Å². The molecule has 1 N–H and O–H groups in total. The molecule has 0 aromatic heterocycles. The zero-order valence-electron chi connectivity index (χ0n) is 12.7. The SMILES string of the molecule is CCCCCCCCCC(=O)c1ccc(O)c(OC)c1. The van der Waals surface area contributed by atoms with Gasteiger partial charge in [-0.3, -0.25) is 4.79 Å². The van der Waals surface area contributed by atoms with Crippen LogP contribution in [0.3, 0.4) is 0 Å². The summed E-state index contributed by atoms with van der Waals surface area (Å²) in [7, 11) is 1.49. The first kappa shape index (κ1) is 16.5. The number of methoxy groups -OCH3 is 1. The maximum Gasteiger partial charge on any atom is 0.163 e. The normalized spacial score (nSPS) is 10.5. The second-order valence-electron chi connectivity index (χ2n) is 5.18. The molecular weight excluding hydrogens is 252 g/mol. The Morgan fingerprint density at radius 3 is 2.40 bits per heavy atom. The molecule has 0 heterocycles. The number of ketones is 1. The minimum absolute atomic E-state index is 0.0694. The molecule has 0 bridgehead atoms. The number of unbranched alkanes of at least 4 members (excludes halogenated alkanes) is 6. The predicted octanol–water partition coefficient (Wildman–Crippen LogP) is 4.72. The topological polar surface area (TPSA) is 46.5 Å². The minimum Gasteiger partial charge on any atom is -0.504 e. The van der Waals surface area contributed by atoms with Gasteiger partial charge in [0, 0.05) is 12.0 Å². The smallest absolute Gasteiger partial charge is 0.163 e. The molecule has 0 aliphatic carbocycles. The summed E-state index contributed by atoms with van der Waals surface area (Å²) < 4.78 is 5.01. The lowest BCUT2D eigenvalue weighted by Gasteiger charge is -2.06. The number of carbonyl (C=O) groups is 1. The third-order valence-electron chi connectivity index (χ3n) is 3.51. The molecule has 20 heavy (non-hydrogen) atoms. The Balaban J connectivity index is 2.29. The van der Waals surface area contributed by atoms with Gasteiger partial charge in [0.2, 0.25) is 0 Å². The predicted molar refractivity (Wildman–Crippen MR) is 81.6 cm³/mol. The van der Waals surface area contributed by atoms with Crippen LogP contribution in [0, 0.1) is 0 Å². The summed E-state index contributed by atoms with van der Waals surface area (Å²) in [5, 5.41) is 9.50. The highest BCUT2D eigenvalue weighted by Gasteiger charge is 2.09. The molecule has 0 saturated carbocycles. The van der Waals surface area contributed by atoms with Crippen LogP contribution in [0.1, 0.15) is 68.6 Å². The fourth-order valence-electron chi connectivity index (χ4n) is 2.24. The number of benzene rings is 1. The summed E-state index contributed by atoms with van der Waals surface area (Å²) in [6, 6.07) is 4.77. The van der Waals surface area contributed by atoms with Crippen molar-refractivity contribution in [2.24, 2.45) is 0 Å². The first-order chi connectivity index (χ1) is 9.69. The number of Topliss-reactive ketones (excluding diaryl/α,β-unsaturated/α-hetero) is 1. The summed E-state index contributed by atoms with van der Waals surface area (Å²) >= 11 is 0. The van der Waals surface area contributed by atoms with Crippen molar-refractivity contribution in [2.45, 2.75) is 58.3 Å². The Morgan fingerprint density at radius 1 is 1.10 bits per heavy atom. The van der Waals surface area contributed by atoms with Gasteiger partial charge in [0.15, 0.2) is 17.3 Å². The van der Waals surface area contributed by atoms with Gasteiger partial charge >= 0.3 is 0 Å². The van der Waals surface area contributed by atoms with Crippen molar-refractivity contribution in [2.75, 3.05) is 7.11 Å². The fourth-order valence-corrected chi connectivity index (χ4v) is 2.24. The molecular formula is C17H26O3. The molecule has 112 valence electrons. The monoisotopic (exact) mass is 278 g/mol. The average molecular weight is 278 g/mol. The van der Waals surface area contributed by atoms with Crippen molar-refractivity contribution in [1.82, 2.24) is 0 Å². The van der Waals surface area contributed by atoms with E-state index in [1.54, 1.807) is 12.1 Å². The van der Waals surface area contributed by atoms with Crippen LogP contribution in [0.25, 0.3) is 0 Å². The average Bonchev–Trinajstić information content (AvgIpc) is 2.46. The quantitative estimate of drug-likeness (QED) is 0.497. The lowest BCUT2D eigenvalue weighted by atomic mass is 10.0. The number of hydrogen-bond donors (Lipinski definition) is 1. The Hall–Kier alpha value is -1.51. The van der Waals surface area contributed by atoms with Gasteiger partial charge in [0.05, 0.1) is 7.11 Å². The van der Waals surface area contributed by atoms with Crippen molar-refractivity contribution >= 4 is 5.78 Å². The highest BCUT2D eigenvalue weighted by atomic mass is 16.5. The molecule has 0 unspecified atom stereocenters. The third kappa shape index (κ3) is 5.64. The van der Waals surface area contributed by atoms with Gasteiger partial charge in [-0.1, -0.05) is 45.4 Å². The van der Waals surface area contributed by atoms with Gasteiger partial charge in [-0.15, -0.1) is 0 Å². The van der Waals surface area contributed by atoms with Crippen molar-refractivity contribution in [3.63, 3.8) is 0 Å². The summed E-state index contributed by atoms with van der Waals surface area (Å²) in [6.45, 7) is 2.21. The minimum atomic E-state index is 0.0694. The highest BCUT2D eigenvalue weighted by molar-refractivity contribution is 5.96. The van der Waals surface area contributed by atoms with E-state index in [0.29, 0.717) is 17.7 Å². The van der Waals surface area contributed by atoms with Crippen LogP contribution in [0.5, 0.6) is 11.5 Å². The molecule has 1 rings (SSSR count). The van der Waals surface area contributed by atoms with Crippen LogP contribution in [0.2, 0.25) is 0 Å². The fraction of sp³-hybridized carbons (Fsp3) is 0.588. The molecule has 3 heteroatoms. The molecule has 0 radical (unpaired) electrons. The van der Waals surface area contributed by atoms with E-state index in [2.05, 4.69) is 6.92 Å². The Kier molecular flexibility index (Phi) is 7.78. The number of carbonyl (C=O) groups excluding carboxylic acids is 1. The molecule has 0 spiro atoms. The molecule has 0 atom stereocenters. The Labute approximate surface area is 122 Å². The van der Waals surface area contributed by atoms with Crippen LogP contribution in [-0.4, -0.2) is 18.0 Å². The summed E-state index contributed by atoms with van der Waals surface area (Å²) in [5.41, 5.74) is 0.616. The number of phenols is 1. The second kappa shape index (κ2) is 9.40. The standard InChI is InChI=1S/C17H26O3/c1-3-4-5-6-7-8-9-10-15(18)14-11-12-16(19)17(13-14)20-2/h11-13,19H,3-10H2,1-2H3. The first-order valence-electron chi connectivity index (χ1n) is 7.59. The third-order valence-corrected chi connectivity index (χ3v) is 3.51. The number of rotatable bonds is 10. The molecule has 0 aliphatic heterocycles. The highest BCUT2D eigenvalue weighted by Crippen LogP contribution is 2.27. The Bertz CT molecular complexity index is 413. The summed E-state index contributed by atoms with van der Waals surface area (Å²) in [4.78, 5) is 12.0. The summed E-state index contributed by atoms with van der Waals surface area (Å²) in [5.74, 6) is 0.548. The molecule has 3 nitrogen and oxygen atoms in total. The van der Waals surface area contributed by atoms with E-state index in [9.17, 15) is 9.90 Å². The first-order valence-corrected chi connectivity index (χ1v) is 7.59. The molecule has 0 aliphatic rings. The van der Waals surface area contributed by atoms with Gasteiger partial charge in [0.25, 0.3) is 0 Å². The lowest BCUT2D eigenvalue weighted by molar-refractivity contribution is 0.0978. The number of hydrogen-bond acceptors (Lipinski definition) is 3. The van der Waals surface area contributed by atoms with E-state index < -0.39 is 0 Å². The molecule has 1 aromatic carbocycles. The van der Waals surface area contributed by atoms with E-state index in [4.69, 9.17) is 4.74 Å². The maximum atomic E-state index is 12.0. The number of phenolic OH excluding ortho intramolecular Hbond substituents is 1. The largest absolute Gasteiger partial charge is 0.504 e. The van der Waals surface area contributed by atoms with Crippen molar-refractivity contribution < 1.29 is 14.6 Å². The van der Waals surface area contributed by atoms with E-state index in [1.165, 1.54) is 45.3 Å². The molecule has 0 amide bonds. The van der Waals surface area contributed by atoms with Crippen LogP contribution in [-0.2, 0) is 0 Å².